The molecule has 0 atom stereocenters. The largest absolute Gasteiger partial charge is 1.00 e. The predicted molar refractivity (Wildman–Crippen MR) is 345 cm³/mol. The number of nitrogens with one attached hydrogen (secondary N) is 1. The van der Waals surface area contributed by atoms with Crippen LogP contribution in [0.4, 0.5) is 0 Å². The van der Waals surface area contributed by atoms with Gasteiger partial charge in [0.2, 0.25) is 38.3 Å². The maximum Gasteiger partial charge on any atom is 1.00 e. The Bertz CT molecular complexity index is 2710. The van der Waals surface area contributed by atoms with Gasteiger partial charge in [-0.1, -0.05) is 174 Å². The Labute approximate surface area is 556 Å². The number of primary sulfonamides is 1. The molecule has 23 nitrogen and oxygen atoms in total. The molecule has 1 fully saturated rings. The zero-order valence-electron chi connectivity index (χ0n) is 46.6. The van der Waals surface area contributed by atoms with Gasteiger partial charge in [-0.3, -0.25) is 0 Å². The molecule has 1 aliphatic heterocycles. The Kier molecular flexibility index (Phi) is 60.5. The molecule has 5 aromatic carbocycles. The van der Waals surface area contributed by atoms with Crippen molar-refractivity contribution in [2.75, 3.05) is 93.4 Å². The van der Waals surface area contributed by atoms with Crippen molar-refractivity contribution < 1.29 is 117 Å². The standard InChI is InChI=1S/2C10H14O3S.C9H11ClO3S.C9H13NO3S.C9H12O4S.C3H7NO3S.3CH4.Cl2OS.H3N.Na/c2*1-14(11,12)8-7-13-9-10-5-3-2-4-6-10;3*10-14(11,12)7-6-13-8-9-4-2-1-3-5-9;5-8(6)2-1-7-3-4-8;;;;1-4(2)3;;/h2*2-6H,7-9H2,1H3;1-5H,6-8H2;1-5H,6-8H2,(H2,10,11,12);1-5H,6-8H2,(H,10,11,12);4H,1-3H2;3*1H4;;1H3;/q;;;;;;;;;;;+1/p-1. The molecule has 6 rings (SSSR count). The summed E-state index contributed by atoms with van der Waals surface area (Å²) in [5.41, 5.74) is 5.10. The van der Waals surface area contributed by atoms with Gasteiger partial charge in [-0.15, -0.1) is 0 Å². The fraction of sp³-hybridized carbons (Fsp3) is 0.434. The number of rotatable bonds is 25. The minimum absolute atomic E-state index is 0. The molecule has 0 saturated carbocycles. The first-order chi connectivity index (χ1) is 38.3. The van der Waals surface area contributed by atoms with E-state index in [1.807, 2.05) is 152 Å². The Morgan fingerprint density at radius 1 is 0.506 bits per heavy atom. The maximum absolute atomic E-state index is 10.8. The molecule has 34 heteroatoms. The maximum atomic E-state index is 10.8. The zero-order valence-corrected chi connectivity index (χ0v) is 56.6. The predicted octanol–water partition coefficient (Wildman–Crippen LogP) is 4.52. The molecule has 0 aliphatic carbocycles. The average Bonchev–Trinajstić information content (AvgIpc) is 3.39. The number of sulfone groups is 2. The molecule has 1 aliphatic rings. The van der Waals surface area contributed by atoms with Gasteiger partial charge in [0, 0.05) is 44.6 Å². The fourth-order valence-electron chi connectivity index (χ4n) is 5.18. The van der Waals surface area contributed by atoms with Crippen LogP contribution in [-0.4, -0.2) is 153 Å². The number of sulfonamides is 2. The first-order valence-electron chi connectivity index (χ1n) is 23.9. The summed E-state index contributed by atoms with van der Waals surface area (Å²) < 4.78 is 178. The van der Waals surface area contributed by atoms with Crippen molar-refractivity contribution >= 4 is 100 Å². The van der Waals surface area contributed by atoms with E-state index in [4.69, 9.17) is 48.5 Å². The summed E-state index contributed by atoms with van der Waals surface area (Å²) >= 11 is 0. The topological polar surface area (TPSA) is 373 Å². The normalized spacial score (nSPS) is 12.2. The number of ether oxygens (including phenoxy) is 6. The Morgan fingerprint density at radius 2 is 0.747 bits per heavy atom. The SMILES string of the molecule is C.C.C.CS(=O)(=O)CCOCc1ccccc1.CS(=O)(=O)CCOCc1ccccc1.N.NS(=O)(=O)CCOCc1ccccc1.O=S(=O)(Cl)CCOCc1ccccc1.O=S(=O)([O-])CCOCc1ccccc1.O=S(Cl)Cl.O=S1(=O)CCOCN1.[Na+]. The van der Waals surface area contributed by atoms with E-state index in [1.165, 1.54) is 12.5 Å². The molecule has 496 valence electrons. The summed E-state index contributed by atoms with van der Waals surface area (Å²) in [6, 6.07) is 47.8. The van der Waals surface area contributed by atoms with Gasteiger partial charge in [0.15, 0.2) is 0 Å². The molecule has 5 aromatic rings. The number of nitrogens with two attached hydrogens (primary N) is 1. The first kappa shape index (κ1) is 95.5. The smallest absolute Gasteiger partial charge is 0.748 e. The molecule has 0 radical (unpaired) electrons. The van der Waals surface area contributed by atoms with Crippen molar-refractivity contribution in [3.63, 3.8) is 0 Å². The van der Waals surface area contributed by atoms with Gasteiger partial charge in [0.25, 0.3) is 0 Å². The number of halogens is 3. The molecule has 0 bridgehead atoms. The van der Waals surface area contributed by atoms with E-state index in [2.05, 4.69) is 26.1 Å². The van der Waals surface area contributed by atoms with Crippen molar-refractivity contribution in [2.24, 2.45) is 5.14 Å². The van der Waals surface area contributed by atoms with Crippen LogP contribution in [0.5, 0.6) is 0 Å². The van der Waals surface area contributed by atoms with Crippen LogP contribution in [0.25, 0.3) is 0 Å². The van der Waals surface area contributed by atoms with Crippen LogP contribution >= 0.6 is 32.0 Å². The first-order valence-corrected chi connectivity index (χ1v) is 38.3. The minimum Gasteiger partial charge on any atom is -0.748 e. The quantitative estimate of drug-likeness (QED) is 0.0313. The van der Waals surface area contributed by atoms with Gasteiger partial charge in [0.1, 0.15) is 26.4 Å². The fourth-order valence-corrected chi connectivity index (χ4v) is 7.94. The van der Waals surface area contributed by atoms with Crippen molar-refractivity contribution in [3.05, 3.63) is 179 Å². The van der Waals surface area contributed by atoms with Crippen LogP contribution in [-0.2, 0) is 130 Å². The molecule has 87 heavy (non-hydrogen) atoms. The molecular formula is C53H85Cl3N3NaO20S7. The van der Waals surface area contributed by atoms with Gasteiger partial charge in [-0.25, -0.2) is 59.9 Å². The second kappa shape index (κ2) is 55.1. The van der Waals surface area contributed by atoms with Crippen molar-refractivity contribution in [2.45, 2.75) is 55.3 Å². The van der Waals surface area contributed by atoms with Crippen LogP contribution in [0, 0.1) is 0 Å². The molecule has 0 aromatic heterocycles. The van der Waals surface area contributed by atoms with E-state index in [0.717, 1.165) is 27.8 Å². The van der Waals surface area contributed by atoms with Gasteiger partial charge >= 0.3 is 29.6 Å². The number of benzene rings is 5. The second-order valence-electron chi connectivity index (χ2n) is 16.5. The van der Waals surface area contributed by atoms with Crippen LogP contribution in [0.15, 0.2) is 152 Å². The Morgan fingerprint density at radius 3 is 0.931 bits per heavy atom. The molecule has 0 amide bonds. The Balaban J connectivity index is -0.000000222. The zero-order chi connectivity index (χ0) is 61.8. The third kappa shape index (κ3) is 72.4. The third-order valence-electron chi connectivity index (χ3n) is 9.09. The summed E-state index contributed by atoms with van der Waals surface area (Å²) in [6.07, 6.45) is 2.41. The van der Waals surface area contributed by atoms with Gasteiger partial charge < -0.3 is 39.1 Å². The summed E-state index contributed by atoms with van der Waals surface area (Å²) in [4.78, 5) is 0. The van der Waals surface area contributed by atoms with Crippen LogP contribution < -0.4 is 45.6 Å². The van der Waals surface area contributed by atoms with Gasteiger partial charge in [0.05, 0.1) is 117 Å². The molecule has 1 saturated heterocycles. The number of hydrogen-bond donors (Lipinski definition) is 3. The van der Waals surface area contributed by atoms with E-state index < -0.39 is 73.9 Å². The van der Waals surface area contributed by atoms with Crippen LogP contribution in [0.3, 0.4) is 0 Å². The monoisotopic (exact) mass is 1440 g/mol. The van der Waals surface area contributed by atoms with Crippen molar-refractivity contribution in [3.8, 4) is 0 Å². The van der Waals surface area contributed by atoms with Crippen LogP contribution in [0.1, 0.15) is 50.1 Å². The third-order valence-corrected chi connectivity index (χ3v) is 14.7. The second-order valence-corrected chi connectivity index (χ2v) is 31.6. The summed E-state index contributed by atoms with van der Waals surface area (Å²) in [5, 5.41) is 4.81. The van der Waals surface area contributed by atoms with E-state index in [-0.39, 0.29) is 127 Å². The van der Waals surface area contributed by atoms with E-state index in [0.29, 0.717) is 39.6 Å². The minimum atomic E-state index is -4.15. The van der Waals surface area contributed by atoms with E-state index >= 15 is 0 Å². The van der Waals surface area contributed by atoms with Crippen molar-refractivity contribution in [1.29, 1.82) is 0 Å². The summed E-state index contributed by atoms with van der Waals surface area (Å²) in [6.45, 7) is 3.25. The average molecular weight is 1440 g/mol. The summed E-state index contributed by atoms with van der Waals surface area (Å²) in [5.74, 6) is -0.506. The van der Waals surface area contributed by atoms with Gasteiger partial charge in [-0.05, 0) is 27.8 Å². The molecular weight excluding hydrogens is 1350 g/mol. The molecule has 0 unspecified atom stereocenters. The summed E-state index contributed by atoms with van der Waals surface area (Å²) in [7, 11) is -7.39. The van der Waals surface area contributed by atoms with E-state index in [1.54, 1.807) is 0 Å². The Hall–Kier alpha value is -2.58. The number of hydrogen-bond acceptors (Lipinski definition) is 21. The molecule has 0 spiro atoms. The van der Waals surface area contributed by atoms with Crippen molar-refractivity contribution in [1.82, 2.24) is 10.9 Å². The van der Waals surface area contributed by atoms with Crippen LogP contribution in [0.2, 0.25) is 0 Å². The van der Waals surface area contributed by atoms with Gasteiger partial charge in [-0.2, -0.15) is 4.72 Å². The van der Waals surface area contributed by atoms with E-state index in [9.17, 15) is 55.1 Å². The molecule has 1 heterocycles. The molecule has 6 N–H and O–H groups in total.